The standard InChI is InChI=1S/C11H16N2O4/c1-7-10(15)12-9(14)6-13(7)11(16)8-4-2-3-5-17-8/h7-8H,2-6H2,1H3,(H,12,14,15). The summed E-state index contributed by atoms with van der Waals surface area (Å²) < 4.78 is 5.38. The van der Waals surface area contributed by atoms with E-state index < -0.39 is 24.0 Å². The number of carbonyl (C=O) groups excluding carboxylic acids is 3. The molecule has 2 fully saturated rings. The van der Waals surface area contributed by atoms with Crippen molar-refractivity contribution in [3.63, 3.8) is 0 Å². The van der Waals surface area contributed by atoms with Gasteiger partial charge in [-0.3, -0.25) is 19.7 Å². The van der Waals surface area contributed by atoms with Crippen molar-refractivity contribution in [1.82, 2.24) is 10.2 Å². The number of hydrogen-bond acceptors (Lipinski definition) is 4. The molecule has 2 unspecified atom stereocenters. The van der Waals surface area contributed by atoms with Crippen molar-refractivity contribution < 1.29 is 19.1 Å². The van der Waals surface area contributed by atoms with Crippen LogP contribution in [0.2, 0.25) is 0 Å². The lowest BCUT2D eigenvalue weighted by Gasteiger charge is -2.35. The highest BCUT2D eigenvalue weighted by molar-refractivity contribution is 6.04. The van der Waals surface area contributed by atoms with E-state index in [2.05, 4.69) is 5.32 Å². The maximum absolute atomic E-state index is 12.1. The van der Waals surface area contributed by atoms with Gasteiger partial charge in [0.25, 0.3) is 5.91 Å². The molecule has 0 spiro atoms. The van der Waals surface area contributed by atoms with E-state index in [4.69, 9.17) is 4.74 Å². The number of rotatable bonds is 1. The molecule has 3 amide bonds. The lowest BCUT2D eigenvalue weighted by Crippen LogP contribution is -2.60. The van der Waals surface area contributed by atoms with Gasteiger partial charge in [0.1, 0.15) is 18.7 Å². The molecule has 2 aliphatic rings. The minimum absolute atomic E-state index is 0.0639. The summed E-state index contributed by atoms with van der Waals surface area (Å²) in [5, 5.41) is 2.20. The van der Waals surface area contributed by atoms with Crippen LogP contribution in [0.15, 0.2) is 0 Å². The second-order valence-corrected chi connectivity index (χ2v) is 4.41. The predicted octanol–water partition coefficient (Wildman–Crippen LogP) is -0.571. The first kappa shape index (κ1) is 12.0. The highest BCUT2D eigenvalue weighted by Gasteiger charge is 2.37. The Bertz CT molecular complexity index is 349. The van der Waals surface area contributed by atoms with E-state index in [1.54, 1.807) is 6.92 Å². The smallest absolute Gasteiger partial charge is 0.252 e. The van der Waals surface area contributed by atoms with E-state index in [9.17, 15) is 14.4 Å². The van der Waals surface area contributed by atoms with E-state index >= 15 is 0 Å². The second kappa shape index (κ2) is 4.83. The number of hydrogen-bond donors (Lipinski definition) is 1. The molecule has 6 heteroatoms. The maximum atomic E-state index is 12.1. The summed E-state index contributed by atoms with van der Waals surface area (Å²) in [6, 6.07) is -0.606. The number of piperazine rings is 1. The molecule has 2 saturated heterocycles. The third-order valence-corrected chi connectivity index (χ3v) is 3.16. The first-order valence-electron chi connectivity index (χ1n) is 5.85. The lowest BCUT2D eigenvalue weighted by molar-refractivity contribution is -0.157. The van der Waals surface area contributed by atoms with Gasteiger partial charge in [-0.1, -0.05) is 0 Å². The van der Waals surface area contributed by atoms with Gasteiger partial charge in [0.15, 0.2) is 0 Å². The Labute approximate surface area is 99.3 Å². The Morgan fingerprint density at radius 3 is 2.82 bits per heavy atom. The molecule has 2 aliphatic heterocycles. The molecule has 0 aromatic carbocycles. The van der Waals surface area contributed by atoms with Gasteiger partial charge in [-0.15, -0.1) is 0 Å². The Kier molecular flexibility index (Phi) is 3.42. The molecule has 2 atom stereocenters. The average molecular weight is 240 g/mol. The summed E-state index contributed by atoms with van der Waals surface area (Å²) >= 11 is 0. The van der Waals surface area contributed by atoms with Crippen LogP contribution < -0.4 is 5.32 Å². The Hall–Kier alpha value is -1.43. The van der Waals surface area contributed by atoms with Crippen molar-refractivity contribution in [2.45, 2.75) is 38.3 Å². The third-order valence-electron chi connectivity index (χ3n) is 3.16. The predicted molar refractivity (Wildman–Crippen MR) is 57.9 cm³/mol. The zero-order valence-corrected chi connectivity index (χ0v) is 9.77. The van der Waals surface area contributed by atoms with Crippen LogP contribution in [0.25, 0.3) is 0 Å². The SMILES string of the molecule is CC1C(=O)NC(=O)CN1C(=O)C1CCCCO1. The van der Waals surface area contributed by atoms with Crippen LogP contribution in [0.5, 0.6) is 0 Å². The van der Waals surface area contributed by atoms with Crippen molar-refractivity contribution in [2.24, 2.45) is 0 Å². The normalized spacial score (nSPS) is 30.1. The van der Waals surface area contributed by atoms with Gasteiger partial charge in [-0.05, 0) is 26.2 Å². The fourth-order valence-electron chi connectivity index (χ4n) is 2.10. The molecule has 0 radical (unpaired) electrons. The number of imide groups is 1. The summed E-state index contributed by atoms with van der Waals surface area (Å²) in [6.45, 7) is 2.12. The highest BCUT2D eigenvalue weighted by atomic mass is 16.5. The van der Waals surface area contributed by atoms with Gasteiger partial charge >= 0.3 is 0 Å². The molecule has 6 nitrogen and oxygen atoms in total. The van der Waals surface area contributed by atoms with Crippen LogP contribution in [0.3, 0.4) is 0 Å². The van der Waals surface area contributed by atoms with E-state index in [1.807, 2.05) is 0 Å². The fourth-order valence-corrected chi connectivity index (χ4v) is 2.10. The minimum atomic E-state index is -0.606. The van der Waals surface area contributed by atoms with E-state index in [1.165, 1.54) is 4.90 Å². The summed E-state index contributed by atoms with van der Waals surface area (Å²) in [4.78, 5) is 36.1. The maximum Gasteiger partial charge on any atom is 0.252 e. The van der Waals surface area contributed by atoms with E-state index in [0.29, 0.717) is 13.0 Å². The summed E-state index contributed by atoms with van der Waals surface area (Å²) in [5.41, 5.74) is 0. The molecule has 0 aromatic rings. The van der Waals surface area contributed by atoms with Gasteiger partial charge in [0.05, 0.1) is 0 Å². The van der Waals surface area contributed by atoms with Crippen molar-refractivity contribution >= 4 is 17.7 Å². The monoisotopic (exact) mass is 240 g/mol. The molecule has 0 saturated carbocycles. The quantitative estimate of drug-likeness (QED) is 0.623. The van der Waals surface area contributed by atoms with Gasteiger partial charge < -0.3 is 9.64 Å². The van der Waals surface area contributed by atoms with Crippen LogP contribution in [-0.2, 0) is 19.1 Å². The van der Waals surface area contributed by atoms with Crippen LogP contribution in [-0.4, -0.2) is 47.9 Å². The van der Waals surface area contributed by atoms with Gasteiger partial charge in [0.2, 0.25) is 11.8 Å². The summed E-state index contributed by atoms with van der Waals surface area (Å²) in [6.07, 6.45) is 2.07. The second-order valence-electron chi connectivity index (χ2n) is 4.41. The number of ether oxygens (including phenoxy) is 1. The Balaban J connectivity index is 2.06. The molecule has 0 aromatic heterocycles. The first-order chi connectivity index (χ1) is 8.09. The number of nitrogens with zero attached hydrogens (tertiary/aromatic N) is 1. The molecule has 94 valence electrons. The van der Waals surface area contributed by atoms with Crippen molar-refractivity contribution in [2.75, 3.05) is 13.2 Å². The Morgan fingerprint density at radius 2 is 2.18 bits per heavy atom. The molecule has 0 bridgehead atoms. The van der Waals surface area contributed by atoms with Crippen molar-refractivity contribution in [3.05, 3.63) is 0 Å². The largest absolute Gasteiger partial charge is 0.368 e. The third kappa shape index (κ3) is 2.46. The van der Waals surface area contributed by atoms with E-state index in [0.717, 1.165) is 12.8 Å². The van der Waals surface area contributed by atoms with E-state index in [-0.39, 0.29) is 12.5 Å². The average Bonchev–Trinajstić information content (AvgIpc) is 2.34. The van der Waals surface area contributed by atoms with Crippen LogP contribution in [0.4, 0.5) is 0 Å². The van der Waals surface area contributed by atoms with Crippen molar-refractivity contribution in [1.29, 1.82) is 0 Å². The molecule has 0 aliphatic carbocycles. The zero-order valence-electron chi connectivity index (χ0n) is 9.77. The molecule has 2 heterocycles. The lowest BCUT2D eigenvalue weighted by atomic mass is 10.1. The van der Waals surface area contributed by atoms with Gasteiger partial charge in [0, 0.05) is 6.61 Å². The molecular weight excluding hydrogens is 224 g/mol. The minimum Gasteiger partial charge on any atom is -0.368 e. The fraction of sp³-hybridized carbons (Fsp3) is 0.727. The molecule has 2 rings (SSSR count). The first-order valence-corrected chi connectivity index (χ1v) is 5.85. The van der Waals surface area contributed by atoms with Gasteiger partial charge in [-0.25, -0.2) is 0 Å². The topological polar surface area (TPSA) is 75.7 Å². The number of nitrogens with one attached hydrogen (secondary N) is 1. The number of carbonyl (C=O) groups is 3. The molecule has 1 N–H and O–H groups in total. The molecule has 17 heavy (non-hydrogen) atoms. The van der Waals surface area contributed by atoms with Gasteiger partial charge in [-0.2, -0.15) is 0 Å². The van der Waals surface area contributed by atoms with Crippen molar-refractivity contribution in [3.8, 4) is 0 Å². The highest BCUT2D eigenvalue weighted by Crippen LogP contribution is 2.17. The van der Waals surface area contributed by atoms with Crippen LogP contribution in [0.1, 0.15) is 26.2 Å². The number of amides is 3. The molecular formula is C11H16N2O4. The van der Waals surface area contributed by atoms with Crippen LogP contribution in [0, 0.1) is 0 Å². The zero-order chi connectivity index (χ0) is 12.4. The summed E-state index contributed by atoms with van der Waals surface area (Å²) in [7, 11) is 0. The Morgan fingerprint density at radius 1 is 1.41 bits per heavy atom. The summed E-state index contributed by atoms with van der Waals surface area (Å²) in [5.74, 6) is -1.11. The van der Waals surface area contributed by atoms with Crippen LogP contribution >= 0.6 is 0 Å².